The summed E-state index contributed by atoms with van der Waals surface area (Å²) in [5, 5.41) is 8.40. The van der Waals surface area contributed by atoms with Gasteiger partial charge in [0.25, 0.3) is 11.8 Å². The van der Waals surface area contributed by atoms with E-state index in [1.807, 2.05) is 12.1 Å². The van der Waals surface area contributed by atoms with Gasteiger partial charge in [0.05, 0.1) is 11.3 Å². The number of para-hydroxylation sites is 1. The fourth-order valence-electron chi connectivity index (χ4n) is 1.76. The molecule has 0 fully saturated rings. The number of aliphatic carboxylic acids is 1. The first-order valence-electron chi connectivity index (χ1n) is 6.31. The Kier molecular flexibility index (Phi) is 4.71. The molecular weight excluding hydrogens is 286 g/mol. The van der Waals surface area contributed by atoms with E-state index in [0.29, 0.717) is 17.3 Å². The van der Waals surface area contributed by atoms with Crippen LogP contribution in [0, 0.1) is 0 Å². The quantitative estimate of drug-likeness (QED) is 0.576. The molecule has 7 nitrogen and oxygen atoms in total. The molecule has 0 aliphatic rings. The van der Waals surface area contributed by atoms with Crippen molar-refractivity contribution in [1.29, 1.82) is 0 Å². The number of hydrogen-bond donors (Lipinski definition) is 3. The molecule has 7 heteroatoms. The maximum Gasteiger partial charge on any atom is 0.328 e. The lowest BCUT2D eigenvalue weighted by Gasteiger charge is -2.11. The Labute approximate surface area is 125 Å². The van der Waals surface area contributed by atoms with E-state index in [0.717, 1.165) is 6.08 Å². The minimum absolute atomic E-state index is 0.362. The van der Waals surface area contributed by atoms with E-state index >= 15 is 0 Å². The molecule has 0 radical (unpaired) electrons. The largest absolute Gasteiger partial charge is 0.478 e. The number of aromatic nitrogens is 1. The van der Waals surface area contributed by atoms with E-state index < -0.39 is 17.8 Å². The van der Waals surface area contributed by atoms with Crippen LogP contribution >= 0.6 is 0 Å². The zero-order valence-electron chi connectivity index (χ0n) is 11.4. The topological polar surface area (TPSA) is 100 Å². The third kappa shape index (κ3) is 3.83. The van der Waals surface area contributed by atoms with Crippen LogP contribution in [-0.4, -0.2) is 27.5 Å². The summed E-state index contributed by atoms with van der Waals surface area (Å²) < 4.78 is 1.76. The zero-order valence-corrected chi connectivity index (χ0v) is 11.4. The number of carbonyl (C=O) groups excluding carboxylic acids is 2. The molecule has 0 saturated heterocycles. The van der Waals surface area contributed by atoms with Gasteiger partial charge in [0.15, 0.2) is 0 Å². The summed E-state index contributed by atoms with van der Waals surface area (Å²) in [6.45, 7) is 0. The highest BCUT2D eigenvalue weighted by Gasteiger charge is 2.12. The van der Waals surface area contributed by atoms with Gasteiger partial charge in [-0.05, 0) is 24.3 Å². The highest BCUT2D eigenvalue weighted by Crippen LogP contribution is 2.14. The van der Waals surface area contributed by atoms with Gasteiger partial charge in [-0.15, -0.1) is 0 Å². The molecule has 0 aliphatic heterocycles. The summed E-state index contributed by atoms with van der Waals surface area (Å²) in [7, 11) is 0. The Balaban J connectivity index is 2.08. The highest BCUT2D eigenvalue weighted by atomic mass is 16.4. The van der Waals surface area contributed by atoms with Crippen molar-refractivity contribution >= 4 is 17.8 Å². The number of carboxylic acids is 1. The van der Waals surface area contributed by atoms with Gasteiger partial charge in [-0.1, -0.05) is 12.1 Å². The lowest BCUT2D eigenvalue weighted by molar-refractivity contribution is -0.131. The first-order chi connectivity index (χ1) is 10.6. The van der Waals surface area contributed by atoms with Crippen molar-refractivity contribution in [2.75, 3.05) is 0 Å². The Hall–Kier alpha value is -3.35. The number of rotatable bonds is 4. The summed E-state index contributed by atoms with van der Waals surface area (Å²) in [5.41, 5.74) is 5.36. The van der Waals surface area contributed by atoms with Crippen LogP contribution in [-0.2, 0) is 9.59 Å². The van der Waals surface area contributed by atoms with Crippen molar-refractivity contribution in [3.63, 3.8) is 0 Å². The van der Waals surface area contributed by atoms with E-state index in [2.05, 4.69) is 10.9 Å². The predicted octanol–water partition coefficient (Wildman–Crippen LogP) is 0.879. The summed E-state index contributed by atoms with van der Waals surface area (Å²) in [6, 6.07) is 10.5. The van der Waals surface area contributed by atoms with Crippen LogP contribution in [0.25, 0.3) is 5.69 Å². The van der Waals surface area contributed by atoms with E-state index in [-0.39, 0.29) is 0 Å². The molecule has 0 aliphatic carbocycles. The van der Waals surface area contributed by atoms with Gasteiger partial charge in [-0.3, -0.25) is 20.4 Å². The average molecular weight is 299 g/mol. The summed E-state index contributed by atoms with van der Waals surface area (Å²) in [6.07, 6.45) is 5.07. The van der Waals surface area contributed by atoms with Crippen LogP contribution in [0.1, 0.15) is 10.4 Å². The summed E-state index contributed by atoms with van der Waals surface area (Å²) in [5.74, 6) is -2.50. The molecule has 3 N–H and O–H groups in total. The fraction of sp³-hybridized carbons (Fsp3) is 0. The van der Waals surface area contributed by atoms with E-state index in [4.69, 9.17) is 5.11 Å². The lowest BCUT2D eigenvalue weighted by atomic mass is 10.1. The molecule has 2 rings (SSSR count). The first kappa shape index (κ1) is 15.0. The molecular formula is C15H13N3O4. The standard InChI is InChI=1S/C15H13N3O4/c19-13(7-8-14(20)21)16-17-15(22)11-5-1-2-6-12(11)18-9-3-4-10-18/h1-10H,(H,16,19)(H,17,22)(H,20,21)/b8-7+. The number of carboxylic acid groups (broad SMARTS) is 1. The van der Waals surface area contributed by atoms with Gasteiger partial charge in [-0.25, -0.2) is 4.79 Å². The van der Waals surface area contributed by atoms with E-state index in [1.165, 1.54) is 0 Å². The second-order valence-electron chi connectivity index (χ2n) is 4.22. The first-order valence-corrected chi connectivity index (χ1v) is 6.31. The predicted molar refractivity (Wildman–Crippen MR) is 78.2 cm³/mol. The Morgan fingerprint density at radius 3 is 2.32 bits per heavy atom. The maximum absolute atomic E-state index is 12.1. The molecule has 1 aromatic heterocycles. The van der Waals surface area contributed by atoms with Gasteiger partial charge < -0.3 is 9.67 Å². The van der Waals surface area contributed by atoms with Crippen molar-refractivity contribution in [1.82, 2.24) is 15.4 Å². The number of hydrazine groups is 1. The molecule has 0 unspecified atom stereocenters. The molecule has 0 spiro atoms. The van der Waals surface area contributed by atoms with Crippen molar-refractivity contribution in [2.24, 2.45) is 0 Å². The third-order valence-corrected chi connectivity index (χ3v) is 2.71. The van der Waals surface area contributed by atoms with Gasteiger partial charge >= 0.3 is 5.97 Å². The van der Waals surface area contributed by atoms with Crippen LogP contribution in [0.4, 0.5) is 0 Å². The molecule has 0 atom stereocenters. The molecule has 1 aromatic carbocycles. The number of carbonyl (C=O) groups is 3. The molecule has 0 bridgehead atoms. The normalized spacial score (nSPS) is 10.4. The minimum Gasteiger partial charge on any atom is -0.478 e. The van der Waals surface area contributed by atoms with Crippen LogP contribution in [0.3, 0.4) is 0 Å². The number of nitrogens with zero attached hydrogens (tertiary/aromatic N) is 1. The Bertz CT molecular complexity index is 720. The Morgan fingerprint density at radius 2 is 1.64 bits per heavy atom. The molecule has 2 aromatic rings. The van der Waals surface area contributed by atoms with Crippen molar-refractivity contribution in [2.45, 2.75) is 0 Å². The van der Waals surface area contributed by atoms with Crippen molar-refractivity contribution in [3.05, 3.63) is 66.5 Å². The fourth-order valence-corrected chi connectivity index (χ4v) is 1.76. The number of nitrogens with one attached hydrogen (secondary N) is 2. The number of hydrogen-bond acceptors (Lipinski definition) is 3. The maximum atomic E-state index is 12.1. The van der Waals surface area contributed by atoms with Crippen LogP contribution in [0.5, 0.6) is 0 Å². The van der Waals surface area contributed by atoms with Gasteiger partial charge in [-0.2, -0.15) is 0 Å². The van der Waals surface area contributed by atoms with Crippen molar-refractivity contribution in [3.8, 4) is 5.69 Å². The van der Waals surface area contributed by atoms with Gasteiger partial charge in [0.1, 0.15) is 0 Å². The SMILES string of the molecule is O=C(O)/C=C/C(=O)NNC(=O)c1ccccc1-n1cccc1. The smallest absolute Gasteiger partial charge is 0.328 e. The molecule has 22 heavy (non-hydrogen) atoms. The second kappa shape index (κ2) is 6.89. The highest BCUT2D eigenvalue weighted by molar-refractivity contribution is 6.00. The summed E-state index contributed by atoms with van der Waals surface area (Å²) >= 11 is 0. The molecule has 112 valence electrons. The third-order valence-electron chi connectivity index (χ3n) is 2.71. The monoisotopic (exact) mass is 299 g/mol. The van der Waals surface area contributed by atoms with Gasteiger partial charge in [0.2, 0.25) is 0 Å². The zero-order chi connectivity index (χ0) is 15.9. The van der Waals surface area contributed by atoms with E-state index in [9.17, 15) is 14.4 Å². The van der Waals surface area contributed by atoms with Crippen molar-refractivity contribution < 1.29 is 19.5 Å². The van der Waals surface area contributed by atoms with Crippen LogP contribution < -0.4 is 10.9 Å². The second-order valence-corrected chi connectivity index (χ2v) is 4.22. The number of amides is 2. The van der Waals surface area contributed by atoms with Crippen LogP contribution in [0.2, 0.25) is 0 Å². The summed E-state index contributed by atoms with van der Waals surface area (Å²) in [4.78, 5) is 33.7. The number of benzene rings is 1. The average Bonchev–Trinajstić information content (AvgIpc) is 3.04. The minimum atomic E-state index is -1.25. The Morgan fingerprint density at radius 1 is 0.955 bits per heavy atom. The van der Waals surface area contributed by atoms with Crippen LogP contribution in [0.15, 0.2) is 60.9 Å². The molecule has 1 heterocycles. The molecule has 0 saturated carbocycles. The van der Waals surface area contributed by atoms with Gasteiger partial charge in [0, 0.05) is 24.5 Å². The van der Waals surface area contributed by atoms with E-state index in [1.54, 1.807) is 41.2 Å². The molecule has 2 amide bonds. The lowest BCUT2D eigenvalue weighted by Crippen LogP contribution is -2.41.